The van der Waals surface area contributed by atoms with Gasteiger partial charge in [0.1, 0.15) is 0 Å². The molecule has 0 saturated carbocycles. The van der Waals surface area contributed by atoms with Crippen LogP contribution < -0.4 is 28.6 Å². The number of hydrogen-bond acceptors (Lipinski definition) is 1. The van der Waals surface area contributed by atoms with Crippen molar-refractivity contribution in [2.45, 2.75) is 0 Å². The van der Waals surface area contributed by atoms with E-state index in [0.717, 1.165) is 5.39 Å². The van der Waals surface area contributed by atoms with Crippen molar-refractivity contribution in [3.05, 3.63) is 30.2 Å². The predicted octanol–water partition coefficient (Wildman–Crippen LogP) is -1.05. The van der Waals surface area contributed by atoms with Crippen molar-refractivity contribution >= 4 is 10.9 Å². The first-order valence-electron chi connectivity index (χ1n) is 3.56. The molecule has 0 spiro atoms. The summed E-state index contributed by atoms with van der Waals surface area (Å²) in [6.07, 6.45) is 1.64. The molecule has 0 unspecified atom stereocenters. The average Bonchev–Trinajstić information content (AvgIpc) is 2.49. The standard InChI is InChI=1S/C9H7FNO.Li/c1-12-9-4-6-2-3-11-8(6)5-7(9)10;/h2-5H,1H3;/q-1;+1. The molecule has 4 heteroatoms. The molecule has 0 saturated heterocycles. The zero-order valence-electron chi connectivity index (χ0n) is 7.54. The largest absolute Gasteiger partial charge is 1.00 e. The molecule has 0 aliphatic heterocycles. The van der Waals surface area contributed by atoms with E-state index in [1.165, 1.54) is 13.2 Å². The molecule has 0 N–H and O–H groups in total. The number of ether oxygens (including phenoxy) is 1. The van der Waals surface area contributed by atoms with Crippen LogP contribution in [-0.4, -0.2) is 7.11 Å². The van der Waals surface area contributed by atoms with Gasteiger partial charge in [-0.3, -0.25) is 0 Å². The molecule has 0 bridgehead atoms. The van der Waals surface area contributed by atoms with Crippen LogP contribution in [0.25, 0.3) is 10.9 Å². The monoisotopic (exact) mass is 171 g/mol. The van der Waals surface area contributed by atoms with Crippen LogP contribution in [0.2, 0.25) is 0 Å². The van der Waals surface area contributed by atoms with E-state index in [9.17, 15) is 4.39 Å². The number of hydrogen-bond donors (Lipinski definition) is 0. The number of nitrogens with zero attached hydrogens (tertiary/aromatic N) is 1. The molecule has 2 nitrogen and oxygen atoms in total. The van der Waals surface area contributed by atoms with Gasteiger partial charge in [0.2, 0.25) is 0 Å². The Balaban J connectivity index is 0.000000845. The maximum Gasteiger partial charge on any atom is 1.00 e. The van der Waals surface area contributed by atoms with Gasteiger partial charge < -0.3 is 9.72 Å². The summed E-state index contributed by atoms with van der Waals surface area (Å²) in [6.45, 7) is 0. The maximum absolute atomic E-state index is 13.0. The normalized spacial score (nSPS) is 9.69. The summed E-state index contributed by atoms with van der Waals surface area (Å²) in [7, 11) is 1.45. The van der Waals surface area contributed by atoms with Crippen molar-refractivity contribution < 1.29 is 28.0 Å². The van der Waals surface area contributed by atoms with Gasteiger partial charge in [0, 0.05) is 0 Å². The maximum atomic E-state index is 13.0. The summed E-state index contributed by atoms with van der Waals surface area (Å²) >= 11 is 0. The topological polar surface area (TPSA) is 23.3 Å². The van der Waals surface area contributed by atoms with E-state index >= 15 is 0 Å². The Morgan fingerprint density at radius 3 is 2.85 bits per heavy atom. The third-order valence-electron chi connectivity index (χ3n) is 1.77. The number of halogens is 1. The SMILES string of the molecule is COc1cc2cc[n-]c2cc1F.[Li+]. The van der Waals surface area contributed by atoms with Crippen molar-refractivity contribution in [1.29, 1.82) is 0 Å². The number of aromatic nitrogens is 1. The first kappa shape index (κ1) is 10.2. The van der Waals surface area contributed by atoms with E-state index in [4.69, 9.17) is 4.74 Å². The number of fused-ring (bicyclic) bond motifs is 1. The van der Waals surface area contributed by atoms with Gasteiger partial charge in [-0.2, -0.15) is 6.20 Å². The minimum Gasteiger partial charge on any atom is -0.664 e. The molecular formula is C9H7FLiNO. The van der Waals surface area contributed by atoms with E-state index in [-0.39, 0.29) is 30.4 Å². The smallest absolute Gasteiger partial charge is 0.664 e. The third-order valence-corrected chi connectivity index (χ3v) is 1.77. The second kappa shape index (κ2) is 3.86. The third kappa shape index (κ3) is 1.72. The summed E-state index contributed by atoms with van der Waals surface area (Å²) < 4.78 is 17.9. The van der Waals surface area contributed by atoms with E-state index < -0.39 is 0 Å². The minimum absolute atomic E-state index is 0. The van der Waals surface area contributed by atoms with Crippen molar-refractivity contribution in [1.82, 2.24) is 4.98 Å². The van der Waals surface area contributed by atoms with E-state index in [1.54, 1.807) is 12.3 Å². The molecule has 0 radical (unpaired) electrons. The number of benzene rings is 1. The van der Waals surface area contributed by atoms with Crippen LogP contribution in [0.1, 0.15) is 0 Å². The summed E-state index contributed by atoms with van der Waals surface area (Å²) in [5, 5.41) is 0.897. The Hall–Kier alpha value is -0.913. The van der Waals surface area contributed by atoms with Crippen LogP contribution in [0.15, 0.2) is 24.4 Å². The summed E-state index contributed by atoms with van der Waals surface area (Å²) in [4.78, 5) is 3.96. The number of methoxy groups -OCH3 is 1. The Bertz CT molecular complexity index is 413. The predicted molar refractivity (Wildman–Crippen MR) is 43.8 cm³/mol. The molecule has 13 heavy (non-hydrogen) atoms. The van der Waals surface area contributed by atoms with Crippen LogP contribution in [0.4, 0.5) is 4.39 Å². The molecule has 0 aliphatic carbocycles. The Labute approximate surface area is 87.3 Å². The van der Waals surface area contributed by atoms with E-state index in [0.29, 0.717) is 5.52 Å². The minimum atomic E-state index is -0.372. The quantitative estimate of drug-likeness (QED) is 0.511. The van der Waals surface area contributed by atoms with Crippen LogP contribution in [0, 0.1) is 5.82 Å². The fraction of sp³-hybridized carbons (Fsp3) is 0.111. The van der Waals surface area contributed by atoms with Gasteiger partial charge in [0.05, 0.1) is 7.11 Å². The van der Waals surface area contributed by atoms with Crippen molar-refractivity contribution in [3.8, 4) is 5.75 Å². The average molecular weight is 171 g/mol. The van der Waals surface area contributed by atoms with Crippen molar-refractivity contribution in [2.75, 3.05) is 7.11 Å². The van der Waals surface area contributed by atoms with Gasteiger partial charge in [-0.25, -0.2) is 4.39 Å². The Kier molecular flexibility index (Phi) is 3.02. The van der Waals surface area contributed by atoms with Gasteiger partial charge in [0.15, 0.2) is 11.6 Å². The molecule has 2 aromatic rings. The molecule has 0 aliphatic rings. The zero-order valence-corrected chi connectivity index (χ0v) is 7.54. The van der Waals surface area contributed by atoms with Crippen LogP contribution in [0.3, 0.4) is 0 Å². The van der Waals surface area contributed by atoms with Gasteiger partial charge in [-0.1, -0.05) is 6.07 Å². The first-order valence-corrected chi connectivity index (χ1v) is 3.56. The van der Waals surface area contributed by atoms with E-state index in [2.05, 4.69) is 4.98 Å². The molecule has 2 rings (SSSR count). The first-order chi connectivity index (χ1) is 5.81. The molecule has 1 aromatic carbocycles. The second-order valence-corrected chi connectivity index (χ2v) is 2.49. The van der Waals surface area contributed by atoms with Crippen LogP contribution in [0.5, 0.6) is 5.75 Å². The zero-order chi connectivity index (χ0) is 8.55. The molecule has 1 aromatic heterocycles. The van der Waals surface area contributed by atoms with Crippen LogP contribution in [-0.2, 0) is 0 Å². The molecule has 62 valence electrons. The summed E-state index contributed by atoms with van der Waals surface area (Å²) in [6, 6.07) is 4.82. The van der Waals surface area contributed by atoms with Gasteiger partial charge >= 0.3 is 18.9 Å². The fourth-order valence-electron chi connectivity index (χ4n) is 1.16. The molecule has 0 amide bonds. The number of rotatable bonds is 1. The summed E-state index contributed by atoms with van der Waals surface area (Å²) in [5.74, 6) is -0.112. The van der Waals surface area contributed by atoms with Gasteiger partial charge in [-0.05, 0) is 17.5 Å². The molecule has 0 fully saturated rings. The molecular weight excluding hydrogens is 164 g/mol. The van der Waals surface area contributed by atoms with Crippen LogP contribution >= 0.6 is 0 Å². The molecule has 1 heterocycles. The van der Waals surface area contributed by atoms with Crippen molar-refractivity contribution in [2.24, 2.45) is 0 Å². The fourth-order valence-corrected chi connectivity index (χ4v) is 1.16. The van der Waals surface area contributed by atoms with Gasteiger partial charge in [-0.15, -0.1) is 5.52 Å². The summed E-state index contributed by atoms with van der Waals surface area (Å²) in [5.41, 5.74) is 0.660. The second-order valence-electron chi connectivity index (χ2n) is 2.49. The Morgan fingerprint density at radius 2 is 2.15 bits per heavy atom. The Morgan fingerprint density at radius 1 is 1.38 bits per heavy atom. The van der Waals surface area contributed by atoms with E-state index in [1.807, 2.05) is 6.07 Å². The van der Waals surface area contributed by atoms with Crippen molar-refractivity contribution in [3.63, 3.8) is 0 Å². The van der Waals surface area contributed by atoms with Gasteiger partial charge in [0.25, 0.3) is 0 Å². The molecule has 0 atom stereocenters.